The van der Waals surface area contributed by atoms with Crippen molar-refractivity contribution in [1.82, 2.24) is 5.16 Å². The lowest BCUT2D eigenvalue weighted by atomic mass is 10.1. The lowest BCUT2D eigenvalue weighted by molar-refractivity contribution is -0.275. The number of benzene rings is 2. The van der Waals surface area contributed by atoms with Crippen LogP contribution in [0.15, 0.2) is 59.1 Å². The molecule has 0 amide bonds. The molecule has 1 aromatic heterocycles. The number of aromatic nitrogens is 1. The van der Waals surface area contributed by atoms with Gasteiger partial charge in [-0.15, -0.1) is 13.2 Å². The number of carbonyl (C=O) groups is 1. The van der Waals surface area contributed by atoms with Gasteiger partial charge in [0, 0.05) is 11.6 Å². The Hall–Kier alpha value is -3.49. The van der Waals surface area contributed by atoms with Gasteiger partial charge in [-0.3, -0.25) is 0 Å². The summed E-state index contributed by atoms with van der Waals surface area (Å²) in [5.41, 5.74) is 1.65. The van der Waals surface area contributed by atoms with Gasteiger partial charge in [-0.2, -0.15) is 0 Å². The first-order valence-corrected chi connectivity index (χ1v) is 7.59. The van der Waals surface area contributed by atoms with E-state index in [2.05, 4.69) is 14.4 Å². The zero-order valence-corrected chi connectivity index (χ0v) is 13.6. The van der Waals surface area contributed by atoms with E-state index in [9.17, 15) is 18.0 Å². The molecular formula is C18H12F3NO5. The summed E-state index contributed by atoms with van der Waals surface area (Å²) in [5, 5.41) is 12.5. The van der Waals surface area contributed by atoms with Crippen LogP contribution in [0, 0.1) is 0 Å². The van der Waals surface area contributed by atoms with Crippen molar-refractivity contribution in [3.8, 4) is 22.8 Å². The standard InChI is InChI=1S/C18H12F3NO5/c19-18(20,21)26-15-4-2-1-3-14(15)25-10-11-5-7-12(8-6-11)13-9-16(17(23)24)27-22-13/h1-9H,10H2,(H,23,24). The number of aromatic carboxylic acids is 1. The number of para-hydroxylation sites is 2. The van der Waals surface area contributed by atoms with Crippen LogP contribution in [0.3, 0.4) is 0 Å². The van der Waals surface area contributed by atoms with E-state index in [1.807, 2.05) is 0 Å². The lowest BCUT2D eigenvalue weighted by Crippen LogP contribution is -2.17. The quantitative estimate of drug-likeness (QED) is 0.678. The largest absolute Gasteiger partial charge is 0.573 e. The van der Waals surface area contributed by atoms with Gasteiger partial charge in [0.15, 0.2) is 11.5 Å². The minimum atomic E-state index is -4.81. The molecule has 3 rings (SSSR count). The van der Waals surface area contributed by atoms with Gasteiger partial charge in [-0.05, 0) is 17.7 Å². The third-order valence-electron chi connectivity index (χ3n) is 3.44. The van der Waals surface area contributed by atoms with Crippen molar-refractivity contribution >= 4 is 5.97 Å². The van der Waals surface area contributed by atoms with Crippen molar-refractivity contribution in [2.24, 2.45) is 0 Å². The van der Waals surface area contributed by atoms with Crippen LogP contribution in [-0.2, 0) is 6.61 Å². The zero-order chi connectivity index (χ0) is 19.4. The van der Waals surface area contributed by atoms with E-state index in [1.54, 1.807) is 24.3 Å². The van der Waals surface area contributed by atoms with Crippen LogP contribution in [0.2, 0.25) is 0 Å². The van der Waals surface area contributed by atoms with Gasteiger partial charge in [-0.1, -0.05) is 41.6 Å². The van der Waals surface area contributed by atoms with Crippen molar-refractivity contribution in [1.29, 1.82) is 0 Å². The van der Waals surface area contributed by atoms with Crippen LogP contribution in [-0.4, -0.2) is 22.6 Å². The molecule has 3 aromatic rings. The summed E-state index contributed by atoms with van der Waals surface area (Å²) in [5.74, 6) is -1.97. The van der Waals surface area contributed by atoms with Crippen LogP contribution < -0.4 is 9.47 Å². The van der Waals surface area contributed by atoms with Crippen molar-refractivity contribution in [2.75, 3.05) is 0 Å². The van der Waals surface area contributed by atoms with Gasteiger partial charge in [-0.25, -0.2) is 4.79 Å². The average Bonchev–Trinajstić information content (AvgIpc) is 3.11. The first-order valence-electron chi connectivity index (χ1n) is 7.59. The number of hydrogen-bond acceptors (Lipinski definition) is 5. The number of rotatable bonds is 6. The minimum Gasteiger partial charge on any atom is -0.485 e. The maximum Gasteiger partial charge on any atom is 0.573 e. The smallest absolute Gasteiger partial charge is 0.485 e. The first-order chi connectivity index (χ1) is 12.8. The Morgan fingerprint density at radius 3 is 2.33 bits per heavy atom. The predicted octanol–water partition coefficient (Wildman–Crippen LogP) is 4.52. The normalized spacial score (nSPS) is 11.2. The molecule has 2 aromatic carbocycles. The fraction of sp³-hybridized carbons (Fsp3) is 0.111. The molecule has 1 N–H and O–H groups in total. The van der Waals surface area contributed by atoms with Crippen LogP contribution >= 0.6 is 0 Å². The Labute approximate surface area is 150 Å². The van der Waals surface area contributed by atoms with E-state index < -0.39 is 18.1 Å². The molecule has 0 fully saturated rings. The van der Waals surface area contributed by atoms with Crippen LogP contribution in [0.1, 0.15) is 16.1 Å². The molecule has 9 heteroatoms. The van der Waals surface area contributed by atoms with Gasteiger partial charge < -0.3 is 19.1 Å². The molecule has 0 bridgehead atoms. The summed E-state index contributed by atoms with van der Waals surface area (Å²) in [7, 11) is 0. The molecule has 0 saturated carbocycles. The SMILES string of the molecule is O=C(O)c1cc(-c2ccc(COc3ccccc3OC(F)(F)F)cc2)no1. The van der Waals surface area contributed by atoms with E-state index in [0.717, 1.165) is 6.07 Å². The van der Waals surface area contributed by atoms with Crippen LogP contribution in [0.5, 0.6) is 11.5 Å². The molecule has 1 heterocycles. The topological polar surface area (TPSA) is 81.8 Å². The maximum atomic E-state index is 12.4. The van der Waals surface area contributed by atoms with Gasteiger partial charge in [0.25, 0.3) is 0 Å². The van der Waals surface area contributed by atoms with Gasteiger partial charge in [0.2, 0.25) is 5.76 Å². The molecule has 0 aliphatic carbocycles. The van der Waals surface area contributed by atoms with Gasteiger partial charge in [0.1, 0.15) is 12.3 Å². The Bertz CT molecular complexity index is 935. The minimum absolute atomic E-state index is 0.0116. The Morgan fingerprint density at radius 1 is 1.07 bits per heavy atom. The molecule has 0 aliphatic heterocycles. The first kappa shape index (κ1) is 18.3. The third-order valence-corrected chi connectivity index (χ3v) is 3.44. The number of nitrogens with zero attached hydrogens (tertiary/aromatic N) is 1. The number of alkyl halides is 3. The molecule has 0 unspecified atom stereocenters. The highest BCUT2D eigenvalue weighted by Crippen LogP contribution is 2.32. The van der Waals surface area contributed by atoms with E-state index in [-0.39, 0.29) is 18.1 Å². The van der Waals surface area contributed by atoms with E-state index in [0.29, 0.717) is 16.8 Å². The number of hydrogen-bond donors (Lipinski definition) is 1. The van der Waals surface area contributed by atoms with E-state index >= 15 is 0 Å². The second kappa shape index (κ2) is 7.40. The fourth-order valence-electron chi connectivity index (χ4n) is 2.22. The van der Waals surface area contributed by atoms with E-state index in [1.165, 1.54) is 24.3 Å². The summed E-state index contributed by atoms with van der Waals surface area (Å²) < 4.78 is 51.3. The number of carboxylic acids is 1. The van der Waals surface area contributed by atoms with Crippen molar-refractivity contribution in [3.63, 3.8) is 0 Å². The molecule has 27 heavy (non-hydrogen) atoms. The number of carboxylic acid groups (broad SMARTS) is 1. The average molecular weight is 379 g/mol. The van der Waals surface area contributed by atoms with Crippen LogP contribution in [0.25, 0.3) is 11.3 Å². The predicted molar refractivity (Wildman–Crippen MR) is 86.4 cm³/mol. The molecule has 0 spiro atoms. The fourth-order valence-corrected chi connectivity index (χ4v) is 2.22. The molecule has 0 radical (unpaired) electrons. The Balaban J connectivity index is 1.68. The molecular weight excluding hydrogens is 367 g/mol. The maximum absolute atomic E-state index is 12.4. The van der Waals surface area contributed by atoms with Gasteiger partial charge in [0.05, 0.1) is 0 Å². The Kier molecular flexibility index (Phi) is 5.02. The lowest BCUT2D eigenvalue weighted by Gasteiger charge is -2.14. The number of halogens is 3. The zero-order valence-electron chi connectivity index (χ0n) is 13.6. The summed E-state index contributed by atoms with van der Waals surface area (Å²) in [6.07, 6.45) is -4.81. The Morgan fingerprint density at radius 2 is 1.74 bits per heavy atom. The summed E-state index contributed by atoms with van der Waals surface area (Å²) in [6, 6.07) is 13.5. The molecule has 0 aliphatic rings. The monoisotopic (exact) mass is 379 g/mol. The highest BCUT2D eigenvalue weighted by molar-refractivity contribution is 5.85. The summed E-state index contributed by atoms with van der Waals surface area (Å²) >= 11 is 0. The second-order valence-corrected chi connectivity index (χ2v) is 5.36. The van der Waals surface area contributed by atoms with Crippen molar-refractivity contribution in [3.05, 3.63) is 65.9 Å². The van der Waals surface area contributed by atoms with Gasteiger partial charge >= 0.3 is 12.3 Å². The van der Waals surface area contributed by atoms with E-state index in [4.69, 9.17) is 9.84 Å². The van der Waals surface area contributed by atoms with Crippen LogP contribution in [0.4, 0.5) is 13.2 Å². The molecule has 140 valence electrons. The summed E-state index contributed by atoms with van der Waals surface area (Å²) in [6.45, 7) is 0.0116. The van der Waals surface area contributed by atoms with Crippen molar-refractivity contribution in [2.45, 2.75) is 13.0 Å². The highest BCUT2D eigenvalue weighted by atomic mass is 19.4. The van der Waals surface area contributed by atoms with Crippen molar-refractivity contribution < 1.29 is 37.1 Å². The molecule has 0 atom stereocenters. The second-order valence-electron chi connectivity index (χ2n) is 5.36. The molecule has 0 saturated heterocycles. The molecule has 6 nitrogen and oxygen atoms in total. The highest BCUT2D eigenvalue weighted by Gasteiger charge is 2.32. The number of ether oxygens (including phenoxy) is 2. The summed E-state index contributed by atoms with van der Waals surface area (Å²) in [4.78, 5) is 10.8. The third kappa shape index (κ3) is 4.78.